The van der Waals surface area contributed by atoms with E-state index < -0.39 is 35.0 Å². The van der Waals surface area contributed by atoms with Crippen molar-refractivity contribution in [3.63, 3.8) is 0 Å². The predicted molar refractivity (Wildman–Crippen MR) is 121 cm³/mol. The van der Waals surface area contributed by atoms with Crippen molar-refractivity contribution in [2.75, 3.05) is 0 Å². The summed E-state index contributed by atoms with van der Waals surface area (Å²) in [6.07, 6.45) is -3.94. The SMILES string of the molecule is C[C@H](c1ccc(-c2ccc(C(=O)O)cn2)cc1Cl)[C@@](O)(c1ccc2oc(=O)n(C)c2c1)C(F)(F)F. The van der Waals surface area contributed by atoms with Crippen molar-refractivity contribution in [3.05, 3.63) is 87.0 Å². The molecular formula is C24H18ClF3N2O5. The summed E-state index contributed by atoms with van der Waals surface area (Å²) < 4.78 is 49.1. The molecule has 4 rings (SSSR count). The Hall–Kier alpha value is -3.63. The van der Waals surface area contributed by atoms with E-state index in [1.54, 1.807) is 0 Å². The summed E-state index contributed by atoms with van der Waals surface area (Å²) in [5.41, 5.74) is -2.82. The fraction of sp³-hybridized carbons (Fsp3) is 0.208. The number of alkyl halides is 3. The van der Waals surface area contributed by atoms with Gasteiger partial charge in [0.2, 0.25) is 0 Å². The number of nitrogens with zero attached hydrogens (tertiary/aromatic N) is 2. The Morgan fingerprint density at radius 1 is 1.14 bits per heavy atom. The number of hydrogen-bond donors (Lipinski definition) is 2. The van der Waals surface area contributed by atoms with E-state index in [1.165, 1.54) is 50.4 Å². The topological polar surface area (TPSA) is 106 Å². The van der Waals surface area contributed by atoms with E-state index in [4.69, 9.17) is 21.1 Å². The predicted octanol–water partition coefficient (Wildman–Crippen LogP) is 5.10. The molecule has 0 aliphatic rings. The highest BCUT2D eigenvalue weighted by Crippen LogP contribution is 2.50. The Kier molecular flexibility index (Phi) is 5.98. The number of aryl methyl sites for hydroxylation is 1. The number of halogens is 4. The van der Waals surface area contributed by atoms with Crippen LogP contribution in [0, 0.1) is 0 Å². The lowest BCUT2D eigenvalue weighted by Gasteiger charge is -2.37. The summed E-state index contributed by atoms with van der Waals surface area (Å²) in [5, 5.41) is 20.1. The van der Waals surface area contributed by atoms with Crippen molar-refractivity contribution in [1.82, 2.24) is 9.55 Å². The highest BCUT2D eigenvalue weighted by molar-refractivity contribution is 6.31. The third-order valence-electron chi connectivity index (χ3n) is 6.06. The number of benzene rings is 2. The molecule has 0 bridgehead atoms. The van der Waals surface area contributed by atoms with Crippen LogP contribution in [-0.4, -0.2) is 31.9 Å². The van der Waals surface area contributed by atoms with Crippen LogP contribution in [0.2, 0.25) is 5.02 Å². The molecule has 0 unspecified atom stereocenters. The van der Waals surface area contributed by atoms with E-state index in [2.05, 4.69) is 4.98 Å². The summed E-state index contributed by atoms with van der Waals surface area (Å²) in [4.78, 5) is 26.8. The van der Waals surface area contributed by atoms with Gasteiger partial charge in [-0.1, -0.05) is 36.7 Å². The molecule has 2 aromatic carbocycles. The van der Waals surface area contributed by atoms with Gasteiger partial charge >= 0.3 is 17.9 Å². The third kappa shape index (κ3) is 4.08. The van der Waals surface area contributed by atoms with Gasteiger partial charge in [-0.3, -0.25) is 9.55 Å². The molecule has 2 atom stereocenters. The molecule has 0 saturated heterocycles. The zero-order valence-electron chi connectivity index (χ0n) is 18.3. The first-order valence-corrected chi connectivity index (χ1v) is 10.6. The van der Waals surface area contributed by atoms with E-state index >= 15 is 0 Å². The van der Waals surface area contributed by atoms with Gasteiger partial charge in [-0.05, 0) is 41.5 Å². The van der Waals surface area contributed by atoms with Gasteiger partial charge in [0, 0.05) is 29.7 Å². The number of carboxylic acid groups (broad SMARTS) is 1. The Balaban J connectivity index is 1.78. The lowest BCUT2D eigenvalue weighted by molar-refractivity contribution is -0.274. The van der Waals surface area contributed by atoms with Crippen LogP contribution in [0.1, 0.15) is 34.3 Å². The second-order valence-electron chi connectivity index (χ2n) is 8.07. The van der Waals surface area contributed by atoms with Crippen molar-refractivity contribution in [3.8, 4) is 11.3 Å². The first kappa shape index (κ1) is 24.5. The van der Waals surface area contributed by atoms with E-state index in [0.717, 1.165) is 22.9 Å². The average molecular weight is 507 g/mol. The minimum Gasteiger partial charge on any atom is -0.478 e. The highest BCUT2D eigenvalue weighted by Gasteiger charge is 2.59. The van der Waals surface area contributed by atoms with Crippen LogP contribution in [0.15, 0.2) is 63.9 Å². The van der Waals surface area contributed by atoms with Crippen LogP contribution < -0.4 is 5.76 Å². The Labute approximate surface area is 201 Å². The second-order valence-corrected chi connectivity index (χ2v) is 8.48. The van der Waals surface area contributed by atoms with Gasteiger partial charge in [-0.2, -0.15) is 13.2 Å². The molecule has 0 amide bonds. The number of fused-ring (bicyclic) bond motifs is 1. The van der Waals surface area contributed by atoms with Gasteiger partial charge in [0.25, 0.3) is 0 Å². The first-order valence-electron chi connectivity index (χ1n) is 10.2. The fourth-order valence-electron chi connectivity index (χ4n) is 3.98. The molecule has 2 aromatic heterocycles. The number of oxazole rings is 1. The minimum atomic E-state index is -5.10. The van der Waals surface area contributed by atoms with Crippen LogP contribution in [0.4, 0.5) is 13.2 Å². The molecule has 4 aromatic rings. The Morgan fingerprint density at radius 2 is 1.86 bits per heavy atom. The van der Waals surface area contributed by atoms with Gasteiger partial charge in [0.15, 0.2) is 11.2 Å². The molecule has 0 fully saturated rings. The maximum absolute atomic E-state index is 14.4. The van der Waals surface area contributed by atoms with Crippen molar-refractivity contribution in [1.29, 1.82) is 0 Å². The number of rotatable bonds is 5. The maximum Gasteiger partial charge on any atom is 0.422 e. The molecule has 0 radical (unpaired) electrons. The zero-order chi connectivity index (χ0) is 25.7. The highest BCUT2D eigenvalue weighted by atomic mass is 35.5. The zero-order valence-corrected chi connectivity index (χ0v) is 19.1. The van der Waals surface area contributed by atoms with Crippen LogP contribution >= 0.6 is 11.6 Å². The fourth-order valence-corrected chi connectivity index (χ4v) is 4.32. The molecule has 2 N–H and O–H groups in total. The summed E-state index contributed by atoms with van der Waals surface area (Å²) >= 11 is 6.36. The number of carbonyl (C=O) groups is 1. The van der Waals surface area contributed by atoms with Crippen molar-refractivity contribution < 1.29 is 32.6 Å². The van der Waals surface area contributed by atoms with Crippen molar-refractivity contribution in [2.24, 2.45) is 7.05 Å². The van der Waals surface area contributed by atoms with Crippen LogP contribution in [0.25, 0.3) is 22.4 Å². The number of aliphatic hydroxyl groups is 1. The number of aromatic nitrogens is 2. The maximum atomic E-state index is 14.4. The smallest absolute Gasteiger partial charge is 0.422 e. The average Bonchev–Trinajstić information content (AvgIpc) is 3.10. The molecule has 0 saturated carbocycles. The molecule has 7 nitrogen and oxygen atoms in total. The van der Waals surface area contributed by atoms with E-state index in [9.17, 15) is 27.9 Å². The van der Waals surface area contributed by atoms with Crippen molar-refractivity contribution >= 4 is 28.7 Å². The summed E-state index contributed by atoms with van der Waals surface area (Å²) in [6, 6.07) is 10.4. The van der Waals surface area contributed by atoms with Gasteiger partial charge in [-0.25, -0.2) is 9.59 Å². The van der Waals surface area contributed by atoms with Crippen molar-refractivity contribution in [2.45, 2.75) is 24.6 Å². The minimum absolute atomic E-state index is 0.0209. The van der Waals surface area contributed by atoms with Gasteiger partial charge in [0.1, 0.15) is 0 Å². The van der Waals surface area contributed by atoms with Gasteiger partial charge in [-0.15, -0.1) is 0 Å². The molecule has 182 valence electrons. The molecule has 11 heteroatoms. The van der Waals surface area contributed by atoms with Gasteiger partial charge < -0.3 is 14.6 Å². The van der Waals surface area contributed by atoms with Gasteiger partial charge in [0.05, 0.1) is 16.8 Å². The van der Waals surface area contributed by atoms with E-state index in [1.807, 2.05) is 0 Å². The number of aromatic carboxylic acids is 1. The van der Waals surface area contributed by atoms with Crippen LogP contribution in [0.5, 0.6) is 0 Å². The van der Waals surface area contributed by atoms with E-state index in [-0.39, 0.29) is 27.2 Å². The Bertz CT molecular complexity index is 1490. The summed E-state index contributed by atoms with van der Waals surface area (Å²) in [6.45, 7) is 1.20. The number of hydrogen-bond acceptors (Lipinski definition) is 5. The van der Waals surface area contributed by atoms with E-state index in [0.29, 0.717) is 11.3 Å². The summed E-state index contributed by atoms with van der Waals surface area (Å²) in [5.74, 6) is -3.44. The largest absolute Gasteiger partial charge is 0.478 e. The van der Waals surface area contributed by atoms with Crippen LogP contribution in [-0.2, 0) is 12.6 Å². The molecule has 0 spiro atoms. The lowest BCUT2D eigenvalue weighted by Crippen LogP contribution is -2.46. The number of carboxylic acids is 1. The Morgan fingerprint density at radius 3 is 2.43 bits per heavy atom. The number of pyridine rings is 1. The summed E-state index contributed by atoms with van der Waals surface area (Å²) in [7, 11) is 1.35. The monoisotopic (exact) mass is 506 g/mol. The first-order chi connectivity index (χ1) is 16.3. The molecule has 0 aliphatic carbocycles. The molecular weight excluding hydrogens is 489 g/mol. The standard InChI is InChI=1S/C24H18ClF3N2O5/c1-12(16-6-3-13(9-17(16)25)18-7-4-14(11-29-18)21(31)32)23(34,24(26,27)28)15-5-8-20-19(10-15)30(2)22(33)35-20/h3-12,34H,1-2H3,(H,31,32)/t12-,23-/m1/s1. The molecule has 35 heavy (non-hydrogen) atoms. The molecule has 2 heterocycles. The normalized spacial score (nSPS) is 14.6. The third-order valence-corrected chi connectivity index (χ3v) is 6.39. The lowest BCUT2D eigenvalue weighted by atomic mass is 9.77. The molecule has 0 aliphatic heterocycles. The second kappa shape index (κ2) is 8.54. The van der Waals surface area contributed by atoms with Crippen LogP contribution in [0.3, 0.4) is 0 Å². The quantitative estimate of drug-likeness (QED) is 0.390.